The summed E-state index contributed by atoms with van der Waals surface area (Å²) in [5.74, 6) is 0.121. The van der Waals surface area contributed by atoms with E-state index in [1.54, 1.807) is 9.24 Å². The molecule has 1 aromatic carbocycles. The number of nitrogens with zero attached hydrogens (tertiary/aromatic N) is 1. The fraction of sp³-hybridized carbons (Fsp3) is 0.143. The van der Waals surface area contributed by atoms with Crippen molar-refractivity contribution in [1.82, 2.24) is 0 Å². The number of nitro groups is 1. The average molecular weight is 266 g/mol. The molecule has 1 atom stereocenters. The average Bonchev–Trinajstić information content (AvgIpc) is 2.05. The fourth-order valence-corrected chi connectivity index (χ4v) is 1.29. The van der Waals surface area contributed by atoms with Crippen LogP contribution in [-0.2, 0) is 6.16 Å². The van der Waals surface area contributed by atoms with Crippen LogP contribution in [0.2, 0.25) is 0 Å². The monoisotopic (exact) mass is 265 g/mol. The van der Waals surface area contributed by atoms with Gasteiger partial charge in [-0.1, -0.05) is 0 Å². The van der Waals surface area contributed by atoms with E-state index < -0.39 is 4.92 Å². The SMILES string of the molecule is O=[N+]([O-])c1ccc(O)c(C[PH3+])c1.[Br-]. The summed E-state index contributed by atoms with van der Waals surface area (Å²) < 4.78 is 0. The molecule has 0 aliphatic heterocycles. The summed E-state index contributed by atoms with van der Waals surface area (Å²) in [6.45, 7) is 0. The Morgan fingerprint density at radius 3 is 2.62 bits per heavy atom. The normalized spacial score (nSPS) is 9.23. The summed E-state index contributed by atoms with van der Waals surface area (Å²) in [6, 6.07) is 4.03. The third-order valence-corrected chi connectivity index (χ3v) is 2.08. The smallest absolute Gasteiger partial charge is 0.270 e. The lowest BCUT2D eigenvalue weighted by Crippen LogP contribution is -3.00. The molecule has 0 fully saturated rings. The summed E-state index contributed by atoms with van der Waals surface area (Å²) in [7, 11) is 1.64. The van der Waals surface area contributed by atoms with Crippen molar-refractivity contribution < 1.29 is 27.0 Å². The van der Waals surface area contributed by atoms with E-state index in [4.69, 9.17) is 0 Å². The van der Waals surface area contributed by atoms with E-state index in [9.17, 15) is 15.2 Å². The highest BCUT2D eigenvalue weighted by molar-refractivity contribution is 7.15. The van der Waals surface area contributed by atoms with Gasteiger partial charge in [0.25, 0.3) is 5.69 Å². The molecule has 0 heterocycles. The highest BCUT2D eigenvalue weighted by Gasteiger charge is 2.09. The van der Waals surface area contributed by atoms with Gasteiger partial charge < -0.3 is 22.1 Å². The number of benzene rings is 1. The maximum absolute atomic E-state index is 10.3. The second-order valence-corrected chi connectivity index (χ2v) is 2.82. The molecule has 72 valence electrons. The number of hydrogen-bond acceptors (Lipinski definition) is 3. The minimum atomic E-state index is -0.471. The summed E-state index contributed by atoms with van der Waals surface area (Å²) in [5.41, 5.74) is 0.636. The van der Waals surface area contributed by atoms with Crippen LogP contribution in [0.3, 0.4) is 0 Å². The van der Waals surface area contributed by atoms with Crippen molar-refractivity contribution in [3.8, 4) is 5.75 Å². The van der Waals surface area contributed by atoms with Gasteiger partial charge in [0.05, 0.1) is 11.1 Å². The highest BCUT2D eigenvalue weighted by Crippen LogP contribution is 2.24. The molecule has 0 spiro atoms. The van der Waals surface area contributed by atoms with Gasteiger partial charge in [0.2, 0.25) is 0 Å². The lowest BCUT2D eigenvalue weighted by atomic mass is 10.2. The van der Waals surface area contributed by atoms with Crippen LogP contribution in [0, 0.1) is 10.1 Å². The summed E-state index contributed by atoms with van der Waals surface area (Å²) >= 11 is 0. The minimum Gasteiger partial charge on any atom is -1.00 e. The molecule has 1 unspecified atom stereocenters. The zero-order valence-electron chi connectivity index (χ0n) is 6.74. The van der Waals surface area contributed by atoms with Gasteiger partial charge in [-0.15, -0.1) is 0 Å². The Morgan fingerprint density at radius 2 is 2.15 bits per heavy atom. The van der Waals surface area contributed by atoms with Crippen molar-refractivity contribution in [2.75, 3.05) is 0 Å². The van der Waals surface area contributed by atoms with E-state index in [0.29, 0.717) is 11.7 Å². The zero-order chi connectivity index (χ0) is 9.14. The molecule has 0 bridgehead atoms. The molecule has 0 amide bonds. The van der Waals surface area contributed by atoms with Gasteiger partial charge in [-0.25, -0.2) is 0 Å². The third kappa shape index (κ3) is 2.94. The van der Waals surface area contributed by atoms with Crippen LogP contribution in [0.4, 0.5) is 5.69 Å². The number of rotatable bonds is 2. The second-order valence-electron chi connectivity index (χ2n) is 2.32. The molecule has 0 aliphatic carbocycles. The van der Waals surface area contributed by atoms with Gasteiger partial charge in [0.15, 0.2) is 0 Å². The molecule has 13 heavy (non-hydrogen) atoms. The fourth-order valence-electron chi connectivity index (χ4n) is 0.886. The Hall–Kier alpha value is -0.670. The maximum atomic E-state index is 10.3. The number of phenols is 1. The lowest BCUT2D eigenvalue weighted by molar-refractivity contribution is -0.384. The Morgan fingerprint density at radius 1 is 1.54 bits per heavy atom. The molecule has 6 heteroatoms. The predicted molar refractivity (Wildman–Crippen MR) is 49.6 cm³/mol. The predicted octanol–water partition coefficient (Wildman–Crippen LogP) is -1.59. The summed E-state index contributed by atoms with van der Waals surface area (Å²) in [5, 5.41) is 19.5. The standard InChI is InChI=1S/C7H8NO3P.BrH/c9-7-2-1-6(8(10)11)3-5(7)4-12;/h1-3,9H,4,12H2;1H. The van der Waals surface area contributed by atoms with Crippen LogP contribution in [0.5, 0.6) is 5.75 Å². The van der Waals surface area contributed by atoms with Crippen LogP contribution in [0.15, 0.2) is 18.2 Å². The molecule has 1 N–H and O–H groups in total. The third-order valence-electron chi connectivity index (χ3n) is 1.54. The molecule has 0 saturated heterocycles. The number of phenolic OH excluding ortho intramolecular Hbond substituents is 1. The van der Waals surface area contributed by atoms with Gasteiger partial charge in [-0.2, -0.15) is 0 Å². The topological polar surface area (TPSA) is 63.4 Å². The molecule has 0 saturated carbocycles. The molecule has 1 rings (SSSR count). The Bertz CT molecular complexity index is 319. The first-order valence-electron chi connectivity index (χ1n) is 3.40. The highest BCUT2D eigenvalue weighted by atomic mass is 79.9. The molecule has 0 aromatic heterocycles. The van der Waals surface area contributed by atoms with E-state index in [2.05, 4.69) is 0 Å². The van der Waals surface area contributed by atoms with Crippen molar-refractivity contribution in [2.45, 2.75) is 6.16 Å². The van der Waals surface area contributed by atoms with Crippen LogP contribution in [-0.4, -0.2) is 10.0 Å². The summed E-state index contributed by atoms with van der Waals surface area (Å²) in [6.07, 6.45) is 0.619. The first-order chi connectivity index (χ1) is 5.65. The zero-order valence-corrected chi connectivity index (χ0v) is 9.74. The van der Waals surface area contributed by atoms with Crippen molar-refractivity contribution in [3.05, 3.63) is 33.9 Å². The van der Waals surface area contributed by atoms with Gasteiger partial charge in [-0.3, -0.25) is 10.1 Å². The van der Waals surface area contributed by atoms with Crippen molar-refractivity contribution in [1.29, 1.82) is 0 Å². The Kier molecular flexibility index (Phi) is 4.88. The van der Waals surface area contributed by atoms with Crippen LogP contribution in [0.1, 0.15) is 5.56 Å². The van der Waals surface area contributed by atoms with E-state index in [1.807, 2.05) is 0 Å². The van der Waals surface area contributed by atoms with Gasteiger partial charge in [0, 0.05) is 17.7 Å². The first kappa shape index (κ1) is 12.3. The molecule has 0 radical (unpaired) electrons. The summed E-state index contributed by atoms with van der Waals surface area (Å²) in [4.78, 5) is 9.84. The van der Waals surface area contributed by atoms with Crippen LogP contribution in [0.25, 0.3) is 0 Å². The van der Waals surface area contributed by atoms with Crippen molar-refractivity contribution in [2.24, 2.45) is 0 Å². The van der Waals surface area contributed by atoms with Crippen LogP contribution >= 0.6 is 9.24 Å². The van der Waals surface area contributed by atoms with Crippen LogP contribution < -0.4 is 17.0 Å². The van der Waals surface area contributed by atoms with E-state index >= 15 is 0 Å². The van der Waals surface area contributed by atoms with Gasteiger partial charge in [0.1, 0.15) is 5.75 Å². The molecular weight excluding hydrogens is 257 g/mol. The number of halogens is 1. The van der Waals surface area contributed by atoms with E-state index in [1.165, 1.54) is 18.2 Å². The second kappa shape index (κ2) is 5.14. The lowest BCUT2D eigenvalue weighted by Gasteiger charge is -1.97. The van der Waals surface area contributed by atoms with Crippen molar-refractivity contribution >= 4 is 14.9 Å². The number of aromatic hydroxyl groups is 1. The van der Waals surface area contributed by atoms with E-state index in [-0.39, 0.29) is 28.4 Å². The molecule has 0 aliphatic rings. The quantitative estimate of drug-likeness (QED) is 0.399. The number of non-ortho nitro benzene ring substituents is 1. The maximum Gasteiger partial charge on any atom is 0.270 e. The Balaban J connectivity index is 0.00000144. The van der Waals surface area contributed by atoms with E-state index in [0.717, 1.165) is 0 Å². The largest absolute Gasteiger partial charge is 1.00 e. The van der Waals surface area contributed by atoms with Crippen molar-refractivity contribution in [3.63, 3.8) is 0 Å². The molecular formula is C7H9BrNO3P. The van der Waals surface area contributed by atoms with Gasteiger partial charge >= 0.3 is 0 Å². The first-order valence-corrected chi connectivity index (χ1v) is 4.40. The minimum absolute atomic E-state index is 0. The van der Waals surface area contributed by atoms with Gasteiger partial charge in [-0.05, 0) is 15.3 Å². The number of nitro benzene ring substituents is 1. The molecule has 4 nitrogen and oxygen atoms in total. The molecule has 1 aromatic rings. The number of hydrogen-bond donors (Lipinski definition) is 1. The Labute approximate surface area is 88.1 Å².